The monoisotopic (exact) mass is 1200 g/mol. The number of fused-ring (bicyclic) bond motifs is 2. The molecule has 2 fully saturated rings. The highest BCUT2D eigenvalue weighted by atomic mass is 32.2. The molecule has 82 heavy (non-hydrogen) atoms. The molecule has 4 aliphatic rings. The van der Waals surface area contributed by atoms with E-state index in [4.69, 9.17) is 42.6 Å². The van der Waals surface area contributed by atoms with Gasteiger partial charge in [0.25, 0.3) is 0 Å². The fourth-order valence-corrected chi connectivity index (χ4v) is 14.3. The lowest BCUT2D eigenvalue weighted by molar-refractivity contribution is -0.159. The second-order valence-electron chi connectivity index (χ2n) is 18.9. The summed E-state index contributed by atoms with van der Waals surface area (Å²) in [5.41, 5.74) is 0.322. The normalized spacial score (nSPS) is 19.1. The van der Waals surface area contributed by atoms with Gasteiger partial charge in [-0.05, 0) is 119 Å². The molecule has 0 saturated heterocycles. The summed E-state index contributed by atoms with van der Waals surface area (Å²) in [7, 11) is 0. The van der Waals surface area contributed by atoms with Crippen LogP contribution in [0.3, 0.4) is 0 Å². The third kappa shape index (κ3) is 17.9. The maximum absolute atomic E-state index is 14.1. The number of rotatable bonds is 28. The molecule has 6 rings (SSSR count). The van der Waals surface area contributed by atoms with Gasteiger partial charge in [-0.3, -0.25) is 14.4 Å². The van der Waals surface area contributed by atoms with Gasteiger partial charge in [-0.15, -0.1) is 0 Å². The Morgan fingerprint density at radius 2 is 0.939 bits per heavy atom. The molecular weight excluding hydrogens is 1140 g/mol. The van der Waals surface area contributed by atoms with Gasteiger partial charge in [0.2, 0.25) is 0 Å². The molecule has 0 N–H and O–H groups in total. The number of benzene rings is 2. The molecule has 0 bridgehead atoms. The van der Waals surface area contributed by atoms with Gasteiger partial charge in [0, 0.05) is 34.6 Å². The first-order chi connectivity index (χ1) is 39.7. The van der Waals surface area contributed by atoms with E-state index in [1.807, 2.05) is 26.0 Å². The largest absolute Gasteiger partial charge is 0.463 e. The van der Waals surface area contributed by atoms with E-state index in [0.717, 1.165) is 104 Å². The highest BCUT2D eigenvalue weighted by molar-refractivity contribution is 8.25. The zero-order chi connectivity index (χ0) is 59.1. The summed E-state index contributed by atoms with van der Waals surface area (Å²) in [6.45, 7) is 13.5. The Hall–Kier alpha value is -6.76. The van der Waals surface area contributed by atoms with Crippen molar-refractivity contribution in [1.82, 2.24) is 0 Å². The molecule has 0 unspecified atom stereocenters. The second-order valence-corrected chi connectivity index (χ2v) is 23.5. The van der Waals surface area contributed by atoms with Crippen molar-refractivity contribution >= 4 is 94.8 Å². The highest BCUT2D eigenvalue weighted by Gasteiger charge is 2.38. The molecule has 2 aromatic rings. The number of ether oxygens (including phenoxy) is 9. The van der Waals surface area contributed by atoms with Gasteiger partial charge in [-0.1, -0.05) is 87.1 Å². The Balaban J connectivity index is 1.19. The zero-order valence-corrected chi connectivity index (χ0v) is 48.9. The van der Waals surface area contributed by atoms with E-state index in [0.29, 0.717) is 95.3 Å². The van der Waals surface area contributed by atoms with Crippen LogP contribution in [-0.4, -0.2) is 99.6 Å². The molecule has 436 valence electrons. The zero-order valence-electron chi connectivity index (χ0n) is 45.7. The predicted molar refractivity (Wildman–Crippen MR) is 303 cm³/mol. The van der Waals surface area contributed by atoms with Crippen LogP contribution in [0.25, 0.3) is 11.1 Å². The smallest absolute Gasteiger partial charge is 0.350 e. The maximum Gasteiger partial charge on any atom is 0.350 e. The average molecular weight is 1200 g/mol. The van der Waals surface area contributed by atoms with Gasteiger partial charge in [-0.25, -0.2) is 24.0 Å². The molecule has 2 aliphatic heterocycles. The SMILES string of the molecule is C=CC(=O)OCCCCCCOC1CCC(C(=O)OC2CCC(C(=O)Oc3ccc(-c4ccc(OC(=O)C(CC)CC)c5c4S/C(=C(/C#N)C(=O)OCCOC(=O)C=C)S5)c4c3S/C(=C(\C#N)C(=O)OCCOC(=O)C=C)S4)CC2)CC1. The summed E-state index contributed by atoms with van der Waals surface area (Å²) >= 11 is 4.13. The standard InChI is InChI=1S/C59H64N2O17S4/c1-6-35(7-2)53(65)77-44-25-23-40(49-51(44)81-58(79-49)42(33-60)56(68)74-31-29-72-47(63)9-4)41-24-26-45(52-50(41)80-59(82-52)43(34-61)57(69)75-32-30-73-48(64)10-5)78-55(67)37-17-21-39(22-18-37)76-54(66)36-15-19-38(20-16-36)70-27-13-11-12-14-28-71-46(62)8-3/h8-10,23-26,35-39H,3-7,11-22,27-32H2,1-2H3/b58-42+,59-43+. The fourth-order valence-electron chi connectivity index (χ4n) is 9.04. The number of esters is 8. The van der Waals surface area contributed by atoms with Crippen molar-refractivity contribution in [1.29, 1.82) is 10.5 Å². The molecule has 2 aromatic carbocycles. The second kappa shape index (κ2) is 32.8. The molecular formula is C59H64N2O17S4. The van der Waals surface area contributed by atoms with E-state index < -0.39 is 53.6 Å². The number of nitriles is 2. The Labute approximate surface area is 493 Å². The molecule has 2 saturated carbocycles. The lowest BCUT2D eigenvalue weighted by Gasteiger charge is -2.31. The summed E-state index contributed by atoms with van der Waals surface area (Å²) in [6, 6.07) is 10.4. The predicted octanol–water partition coefficient (Wildman–Crippen LogP) is 11.0. The van der Waals surface area contributed by atoms with Gasteiger partial charge < -0.3 is 42.6 Å². The Bertz CT molecular complexity index is 2920. The first kappa shape index (κ1) is 64.4. The number of hydrogen-bond donors (Lipinski definition) is 0. The van der Waals surface area contributed by atoms with Gasteiger partial charge in [0.05, 0.1) is 48.7 Å². The first-order valence-corrected chi connectivity index (χ1v) is 30.2. The fraction of sp³-hybridized carbons (Fsp3) is 0.458. The summed E-state index contributed by atoms with van der Waals surface area (Å²) < 4.78 is 50.1. The summed E-state index contributed by atoms with van der Waals surface area (Å²) in [6.07, 6.45) is 11.9. The van der Waals surface area contributed by atoms with Gasteiger partial charge in [0.1, 0.15) is 56.2 Å². The van der Waals surface area contributed by atoms with Crippen LogP contribution < -0.4 is 9.47 Å². The lowest BCUT2D eigenvalue weighted by atomic mass is 9.86. The van der Waals surface area contributed by atoms with Crippen LogP contribution in [0.15, 0.2) is 101 Å². The minimum Gasteiger partial charge on any atom is -0.463 e. The van der Waals surface area contributed by atoms with E-state index >= 15 is 0 Å². The van der Waals surface area contributed by atoms with Crippen molar-refractivity contribution in [2.45, 2.75) is 136 Å². The topological polar surface area (TPSA) is 267 Å². The average Bonchev–Trinajstić information content (AvgIpc) is 3.16. The molecule has 0 radical (unpaired) electrons. The number of carbonyl (C=O) groups excluding carboxylic acids is 8. The quantitative estimate of drug-likeness (QED) is 0.0191. The molecule has 0 atom stereocenters. The van der Waals surface area contributed by atoms with Crippen molar-refractivity contribution in [2.24, 2.45) is 17.8 Å². The Morgan fingerprint density at radius 1 is 0.524 bits per heavy atom. The minimum absolute atomic E-state index is 0.0833. The van der Waals surface area contributed by atoms with Crippen LogP contribution in [0.1, 0.15) is 104 Å². The van der Waals surface area contributed by atoms with Crippen LogP contribution in [0.2, 0.25) is 0 Å². The number of hydrogen-bond acceptors (Lipinski definition) is 23. The Morgan fingerprint density at radius 3 is 1.40 bits per heavy atom. The van der Waals surface area contributed by atoms with Crippen molar-refractivity contribution in [3.63, 3.8) is 0 Å². The van der Waals surface area contributed by atoms with Crippen LogP contribution in [0, 0.1) is 40.4 Å². The van der Waals surface area contributed by atoms with Crippen LogP contribution in [0.4, 0.5) is 0 Å². The van der Waals surface area contributed by atoms with Crippen LogP contribution >= 0.6 is 47.0 Å². The third-order valence-corrected chi connectivity index (χ3v) is 18.8. The lowest BCUT2D eigenvalue weighted by Crippen LogP contribution is -2.33. The first-order valence-electron chi connectivity index (χ1n) is 27.0. The van der Waals surface area contributed by atoms with Crippen molar-refractivity contribution < 1.29 is 81.0 Å². The van der Waals surface area contributed by atoms with E-state index in [9.17, 15) is 48.9 Å². The van der Waals surface area contributed by atoms with Crippen molar-refractivity contribution in [2.75, 3.05) is 39.6 Å². The summed E-state index contributed by atoms with van der Waals surface area (Å²) in [4.78, 5) is 104. The molecule has 23 heteroatoms. The van der Waals surface area contributed by atoms with Crippen LogP contribution in [0.5, 0.6) is 11.5 Å². The molecule has 0 spiro atoms. The minimum atomic E-state index is -0.998. The summed E-state index contributed by atoms with van der Waals surface area (Å²) in [5, 5.41) is 20.7. The number of nitrogens with zero attached hydrogens (tertiary/aromatic N) is 2. The molecule has 2 heterocycles. The molecule has 0 amide bonds. The molecule has 0 aromatic heterocycles. The number of carbonyl (C=O) groups is 8. The van der Waals surface area contributed by atoms with E-state index in [1.54, 1.807) is 24.3 Å². The number of thioether (sulfide) groups is 4. The van der Waals surface area contributed by atoms with Gasteiger partial charge >= 0.3 is 47.8 Å². The van der Waals surface area contributed by atoms with Crippen LogP contribution in [-0.2, 0) is 71.5 Å². The molecule has 2 aliphatic carbocycles. The molecule has 19 nitrogen and oxygen atoms in total. The van der Waals surface area contributed by atoms with E-state index in [2.05, 4.69) is 19.7 Å². The van der Waals surface area contributed by atoms with E-state index in [-0.39, 0.29) is 81.6 Å². The number of unbranched alkanes of at least 4 members (excludes halogenated alkanes) is 3. The van der Waals surface area contributed by atoms with Crippen molar-refractivity contribution in [3.05, 3.63) is 81.9 Å². The van der Waals surface area contributed by atoms with Gasteiger partial charge in [-0.2, -0.15) is 10.5 Å². The van der Waals surface area contributed by atoms with Crippen molar-refractivity contribution in [3.8, 4) is 34.8 Å². The van der Waals surface area contributed by atoms with E-state index in [1.165, 1.54) is 0 Å². The third-order valence-electron chi connectivity index (χ3n) is 13.6. The van der Waals surface area contributed by atoms with Gasteiger partial charge in [0.15, 0.2) is 11.1 Å². The Kier molecular flexibility index (Phi) is 25.7. The maximum atomic E-state index is 14.1. The summed E-state index contributed by atoms with van der Waals surface area (Å²) in [5.74, 6) is -5.97. The highest BCUT2D eigenvalue weighted by Crippen LogP contribution is 2.63.